The van der Waals surface area contributed by atoms with Crippen molar-refractivity contribution in [1.82, 2.24) is 15.0 Å². The fourth-order valence-corrected chi connectivity index (χ4v) is 2.02. The molecule has 0 saturated heterocycles. The Morgan fingerprint density at radius 2 is 2.09 bits per heavy atom. The van der Waals surface area contributed by atoms with Crippen LogP contribution in [0.4, 0.5) is 5.82 Å². The third kappa shape index (κ3) is 3.29. The van der Waals surface area contributed by atoms with Crippen molar-refractivity contribution in [2.45, 2.75) is 6.54 Å². The normalized spacial score (nSPS) is 10.0. The van der Waals surface area contributed by atoms with Crippen LogP contribution in [0.3, 0.4) is 0 Å². The molecule has 1 aromatic carbocycles. The first-order chi connectivity index (χ1) is 10.2. The Balaban J connectivity index is 0.00000176. The van der Waals surface area contributed by atoms with Crippen LogP contribution in [-0.4, -0.2) is 26.0 Å². The van der Waals surface area contributed by atoms with Gasteiger partial charge in [-0.25, -0.2) is 14.8 Å². The second-order valence-electron chi connectivity index (χ2n) is 4.47. The summed E-state index contributed by atoms with van der Waals surface area (Å²) in [5.41, 5.74) is 1.84. The van der Waals surface area contributed by atoms with Crippen LogP contribution in [0.1, 0.15) is 15.9 Å². The van der Waals surface area contributed by atoms with Gasteiger partial charge in [0.05, 0.1) is 11.1 Å². The zero-order valence-electron chi connectivity index (χ0n) is 11.4. The zero-order chi connectivity index (χ0) is 14.7. The first-order valence-corrected chi connectivity index (χ1v) is 6.35. The number of hydrogen-bond donors (Lipinski definition) is 2. The Labute approximate surface area is 132 Å². The van der Waals surface area contributed by atoms with Gasteiger partial charge >= 0.3 is 5.97 Å². The number of nitrogens with zero attached hydrogens (tertiary/aromatic N) is 3. The Hall–Kier alpha value is -2.73. The molecule has 0 spiro atoms. The number of fused-ring (bicyclic) bond motifs is 1. The summed E-state index contributed by atoms with van der Waals surface area (Å²) >= 11 is 0. The minimum atomic E-state index is -0.972. The molecule has 0 aliphatic heterocycles. The van der Waals surface area contributed by atoms with Gasteiger partial charge in [0.1, 0.15) is 12.1 Å². The highest BCUT2D eigenvalue weighted by Gasteiger charge is 2.08. The average Bonchev–Trinajstić information content (AvgIpc) is 2.53. The molecule has 0 amide bonds. The van der Waals surface area contributed by atoms with Gasteiger partial charge in [0, 0.05) is 24.3 Å². The van der Waals surface area contributed by atoms with E-state index in [4.69, 9.17) is 5.11 Å². The summed E-state index contributed by atoms with van der Waals surface area (Å²) < 4.78 is 0. The first-order valence-electron chi connectivity index (χ1n) is 6.35. The topological polar surface area (TPSA) is 88.0 Å². The van der Waals surface area contributed by atoms with E-state index in [1.165, 1.54) is 12.4 Å². The van der Waals surface area contributed by atoms with Crippen molar-refractivity contribution < 1.29 is 9.90 Å². The van der Waals surface area contributed by atoms with Gasteiger partial charge in [-0.05, 0) is 29.8 Å². The van der Waals surface area contributed by atoms with Crippen molar-refractivity contribution in [2.75, 3.05) is 5.32 Å². The highest BCUT2D eigenvalue weighted by atomic mass is 35.5. The minimum absolute atomic E-state index is 0. The number of carboxylic acids is 1. The quantitative estimate of drug-likeness (QED) is 0.769. The monoisotopic (exact) mass is 316 g/mol. The predicted octanol–water partition coefficient (Wildman–Crippen LogP) is 2.76. The fraction of sp³-hybridized carbons (Fsp3) is 0.0667. The second kappa shape index (κ2) is 6.82. The fourth-order valence-electron chi connectivity index (χ4n) is 2.02. The summed E-state index contributed by atoms with van der Waals surface area (Å²) in [4.78, 5) is 23.3. The number of anilines is 1. The average molecular weight is 317 g/mol. The molecule has 2 N–H and O–H groups in total. The van der Waals surface area contributed by atoms with Gasteiger partial charge in [-0.2, -0.15) is 0 Å². The molecule has 112 valence electrons. The highest BCUT2D eigenvalue weighted by Crippen LogP contribution is 2.20. The maximum atomic E-state index is 11.0. The second-order valence-corrected chi connectivity index (χ2v) is 4.47. The lowest BCUT2D eigenvalue weighted by Gasteiger charge is -2.08. The number of hydrogen-bond acceptors (Lipinski definition) is 5. The summed E-state index contributed by atoms with van der Waals surface area (Å²) in [5, 5.41) is 13.0. The standard InChI is InChI=1S/C15H12N4O2.ClH/c20-15(21)11-3-4-12-13(6-11)18-9-19-14(12)17-8-10-2-1-5-16-7-10;/h1-7,9H,8H2,(H,20,21)(H,17,18,19);1H. The summed E-state index contributed by atoms with van der Waals surface area (Å²) in [6.45, 7) is 0.584. The van der Waals surface area contributed by atoms with E-state index in [0.717, 1.165) is 10.9 Å². The van der Waals surface area contributed by atoms with Crippen molar-refractivity contribution in [3.05, 3.63) is 60.2 Å². The third-order valence-electron chi connectivity index (χ3n) is 3.07. The van der Waals surface area contributed by atoms with Crippen LogP contribution < -0.4 is 5.32 Å². The number of aromatic nitrogens is 3. The molecule has 0 bridgehead atoms. The van der Waals surface area contributed by atoms with Gasteiger partial charge in [0.25, 0.3) is 0 Å². The molecule has 6 nitrogen and oxygen atoms in total. The summed E-state index contributed by atoms with van der Waals surface area (Å²) in [6.07, 6.45) is 4.91. The van der Waals surface area contributed by atoms with Gasteiger partial charge < -0.3 is 10.4 Å². The molecule has 0 fully saturated rings. The molecule has 0 aliphatic carbocycles. The SMILES string of the molecule is Cl.O=C(O)c1ccc2c(NCc3cccnc3)ncnc2c1. The highest BCUT2D eigenvalue weighted by molar-refractivity contribution is 5.96. The van der Waals surface area contributed by atoms with Gasteiger partial charge in [0.15, 0.2) is 0 Å². The van der Waals surface area contributed by atoms with Crippen LogP contribution in [0.15, 0.2) is 49.1 Å². The number of benzene rings is 1. The Morgan fingerprint density at radius 3 is 2.82 bits per heavy atom. The van der Waals surface area contributed by atoms with E-state index in [2.05, 4.69) is 20.3 Å². The van der Waals surface area contributed by atoms with E-state index in [0.29, 0.717) is 17.9 Å². The number of halogens is 1. The molecular formula is C15H13ClN4O2. The molecule has 0 saturated carbocycles. The Morgan fingerprint density at radius 1 is 1.23 bits per heavy atom. The number of nitrogens with one attached hydrogen (secondary N) is 1. The Kier molecular flexibility index (Phi) is 4.85. The van der Waals surface area contributed by atoms with Crippen molar-refractivity contribution in [3.63, 3.8) is 0 Å². The molecule has 0 unspecified atom stereocenters. The van der Waals surface area contributed by atoms with Crippen molar-refractivity contribution in [3.8, 4) is 0 Å². The van der Waals surface area contributed by atoms with E-state index in [9.17, 15) is 4.79 Å². The van der Waals surface area contributed by atoms with E-state index in [1.54, 1.807) is 24.5 Å². The Bertz CT molecular complexity index is 796. The van der Waals surface area contributed by atoms with Crippen LogP contribution in [0.5, 0.6) is 0 Å². The van der Waals surface area contributed by atoms with Gasteiger partial charge in [0.2, 0.25) is 0 Å². The molecule has 0 atom stereocenters. The lowest BCUT2D eigenvalue weighted by Crippen LogP contribution is -2.03. The van der Waals surface area contributed by atoms with Crippen molar-refractivity contribution >= 4 is 35.1 Å². The number of pyridine rings is 1. The maximum absolute atomic E-state index is 11.0. The van der Waals surface area contributed by atoms with E-state index in [1.807, 2.05) is 12.1 Å². The maximum Gasteiger partial charge on any atom is 0.335 e. The molecule has 0 radical (unpaired) electrons. The lowest BCUT2D eigenvalue weighted by molar-refractivity contribution is 0.0697. The van der Waals surface area contributed by atoms with Crippen molar-refractivity contribution in [2.24, 2.45) is 0 Å². The zero-order valence-corrected chi connectivity index (χ0v) is 12.2. The van der Waals surface area contributed by atoms with Crippen LogP contribution >= 0.6 is 12.4 Å². The molecule has 3 aromatic rings. The first kappa shape index (κ1) is 15.7. The largest absolute Gasteiger partial charge is 0.478 e. The molecule has 3 rings (SSSR count). The van der Waals surface area contributed by atoms with E-state index in [-0.39, 0.29) is 18.0 Å². The van der Waals surface area contributed by atoms with Gasteiger partial charge in [-0.3, -0.25) is 4.98 Å². The molecule has 2 heterocycles. The van der Waals surface area contributed by atoms with Crippen LogP contribution in [0, 0.1) is 0 Å². The molecule has 2 aromatic heterocycles. The lowest BCUT2D eigenvalue weighted by atomic mass is 10.1. The number of aromatic carboxylic acids is 1. The summed E-state index contributed by atoms with van der Waals surface area (Å²) in [6, 6.07) is 8.63. The molecule has 22 heavy (non-hydrogen) atoms. The van der Waals surface area contributed by atoms with Crippen LogP contribution in [0.25, 0.3) is 10.9 Å². The third-order valence-corrected chi connectivity index (χ3v) is 3.07. The van der Waals surface area contributed by atoms with Crippen molar-refractivity contribution in [1.29, 1.82) is 0 Å². The minimum Gasteiger partial charge on any atom is -0.478 e. The van der Waals surface area contributed by atoms with E-state index >= 15 is 0 Å². The molecule has 0 aliphatic rings. The molecule has 7 heteroatoms. The number of carbonyl (C=O) groups is 1. The smallest absolute Gasteiger partial charge is 0.335 e. The summed E-state index contributed by atoms with van der Waals surface area (Å²) in [7, 11) is 0. The molecular weight excluding hydrogens is 304 g/mol. The number of rotatable bonds is 4. The predicted molar refractivity (Wildman–Crippen MR) is 85.3 cm³/mol. The summed E-state index contributed by atoms with van der Waals surface area (Å²) in [5.74, 6) is -0.304. The number of carboxylic acid groups (broad SMARTS) is 1. The van der Waals surface area contributed by atoms with E-state index < -0.39 is 5.97 Å². The van der Waals surface area contributed by atoms with Crippen LogP contribution in [0.2, 0.25) is 0 Å². The van der Waals surface area contributed by atoms with Gasteiger partial charge in [-0.1, -0.05) is 6.07 Å². The van der Waals surface area contributed by atoms with Crippen LogP contribution in [-0.2, 0) is 6.54 Å². The van der Waals surface area contributed by atoms with Gasteiger partial charge in [-0.15, -0.1) is 12.4 Å².